The number of hydrogen-bond acceptors (Lipinski definition) is 6. The molecule has 0 atom stereocenters. The molecule has 4 N–H and O–H groups in total. The molecule has 0 saturated heterocycles. The quantitative estimate of drug-likeness (QED) is 0.425. The molecule has 0 radical (unpaired) electrons. The van der Waals surface area contributed by atoms with Crippen molar-refractivity contribution < 1.29 is 29.3 Å². The third kappa shape index (κ3) is 5.29. The van der Waals surface area contributed by atoms with Gasteiger partial charge in [-0.2, -0.15) is 0 Å². The van der Waals surface area contributed by atoms with Crippen LogP contribution < -0.4 is 10.1 Å². The van der Waals surface area contributed by atoms with Crippen LogP contribution in [0.3, 0.4) is 0 Å². The summed E-state index contributed by atoms with van der Waals surface area (Å²) in [6, 6.07) is 6.33. The van der Waals surface area contributed by atoms with Crippen LogP contribution in [0.2, 0.25) is 0 Å². The molecule has 9 heteroatoms. The molecule has 0 fully saturated rings. The first-order valence-corrected chi connectivity index (χ1v) is 11.3. The SMILES string of the molecule is CCOc1cc2c(cc1C(=O)NC)C(=N)N(CC(=O)c1cc(CC(=O)O)c(O)c(C(C)(C)C)c1)C2. The Morgan fingerprint density at radius 2 is 1.86 bits per heavy atom. The number of hydrogen-bond donors (Lipinski definition) is 4. The fourth-order valence-corrected chi connectivity index (χ4v) is 4.14. The second kappa shape index (κ2) is 9.77. The molecule has 35 heavy (non-hydrogen) atoms. The minimum atomic E-state index is -1.11. The molecule has 1 aliphatic heterocycles. The van der Waals surface area contributed by atoms with Gasteiger partial charge in [-0.25, -0.2) is 0 Å². The van der Waals surface area contributed by atoms with Crippen LogP contribution in [0, 0.1) is 5.41 Å². The van der Waals surface area contributed by atoms with Crippen LogP contribution in [0.5, 0.6) is 11.5 Å². The van der Waals surface area contributed by atoms with Gasteiger partial charge in [0.25, 0.3) is 5.91 Å². The van der Waals surface area contributed by atoms with Gasteiger partial charge in [-0.3, -0.25) is 19.8 Å². The van der Waals surface area contributed by atoms with E-state index < -0.39 is 17.8 Å². The molecule has 0 bridgehead atoms. The lowest BCUT2D eigenvalue weighted by Crippen LogP contribution is -2.30. The molecule has 0 aliphatic carbocycles. The topological polar surface area (TPSA) is 140 Å². The average molecular weight is 482 g/mol. The largest absolute Gasteiger partial charge is 0.507 e. The van der Waals surface area contributed by atoms with Gasteiger partial charge in [0.15, 0.2) is 5.78 Å². The first-order chi connectivity index (χ1) is 16.4. The number of amides is 1. The molecule has 2 aromatic rings. The standard InChI is InChI=1S/C26H31N3O6/c1-6-35-21-9-16-12-29(24(27)17(16)11-18(21)25(34)28-5)13-20(30)14-7-15(10-22(31)32)23(33)19(8-14)26(2,3)4/h7-9,11,27,33H,6,10,12-13H2,1-5H3,(H,28,34)(H,31,32). The van der Waals surface area contributed by atoms with E-state index in [-0.39, 0.29) is 40.9 Å². The second-order valence-corrected chi connectivity index (χ2v) is 9.50. The normalized spacial score (nSPS) is 12.9. The maximum Gasteiger partial charge on any atom is 0.307 e. The minimum Gasteiger partial charge on any atom is -0.507 e. The van der Waals surface area contributed by atoms with Gasteiger partial charge in [0.1, 0.15) is 17.3 Å². The van der Waals surface area contributed by atoms with Crippen molar-refractivity contribution in [3.8, 4) is 11.5 Å². The summed E-state index contributed by atoms with van der Waals surface area (Å²) in [5, 5.41) is 31.0. The number of rotatable bonds is 8. The third-order valence-corrected chi connectivity index (χ3v) is 5.90. The number of carboxylic acid groups (broad SMARTS) is 1. The number of ether oxygens (including phenoxy) is 1. The average Bonchev–Trinajstić information content (AvgIpc) is 3.07. The minimum absolute atomic E-state index is 0.113. The molecular formula is C26H31N3O6. The van der Waals surface area contributed by atoms with E-state index in [0.29, 0.717) is 35.6 Å². The van der Waals surface area contributed by atoms with Gasteiger partial charge in [-0.1, -0.05) is 20.8 Å². The van der Waals surface area contributed by atoms with Crippen LogP contribution in [-0.4, -0.2) is 58.8 Å². The van der Waals surface area contributed by atoms with Crippen LogP contribution in [-0.2, 0) is 23.2 Å². The first kappa shape index (κ1) is 25.7. The molecule has 9 nitrogen and oxygen atoms in total. The van der Waals surface area contributed by atoms with Crippen LogP contribution in [0.15, 0.2) is 24.3 Å². The lowest BCUT2D eigenvalue weighted by Gasteiger charge is -2.23. The predicted octanol–water partition coefficient (Wildman–Crippen LogP) is 3.10. The van der Waals surface area contributed by atoms with Gasteiger partial charge in [0.05, 0.1) is 25.1 Å². The number of nitrogens with zero attached hydrogens (tertiary/aromatic N) is 1. The van der Waals surface area contributed by atoms with Crippen LogP contribution in [0.4, 0.5) is 0 Å². The number of aliphatic carboxylic acids is 1. The zero-order valence-electron chi connectivity index (χ0n) is 20.6. The van der Waals surface area contributed by atoms with Crippen LogP contribution in [0.25, 0.3) is 0 Å². The Morgan fingerprint density at radius 3 is 2.43 bits per heavy atom. The van der Waals surface area contributed by atoms with Crippen molar-refractivity contribution in [3.63, 3.8) is 0 Å². The molecule has 0 unspecified atom stereocenters. The summed E-state index contributed by atoms with van der Waals surface area (Å²) >= 11 is 0. The van der Waals surface area contributed by atoms with E-state index in [1.807, 2.05) is 27.7 Å². The van der Waals surface area contributed by atoms with Crippen molar-refractivity contribution in [2.45, 2.75) is 46.1 Å². The molecule has 0 spiro atoms. The number of aromatic hydroxyl groups is 1. The monoisotopic (exact) mass is 481 g/mol. The number of benzene rings is 2. The molecule has 186 valence electrons. The summed E-state index contributed by atoms with van der Waals surface area (Å²) in [5.41, 5.74) is 2.04. The summed E-state index contributed by atoms with van der Waals surface area (Å²) in [4.78, 5) is 38.5. The highest BCUT2D eigenvalue weighted by molar-refractivity contribution is 6.07. The highest BCUT2D eigenvalue weighted by Crippen LogP contribution is 2.35. The van der Waals surface area contributed by atoms with Gasteiger partial charge in [0, 0.05) is 35.8 Å². The van der Waals surface area contributed by atoms with E-state index in [0.717, 1.165) is 5.56 Å². The van der Waals surface area contributed by atoms with E-state index in [9.17, 15) is 24.6 Å². The number of nitrogens with one attached hydrogen (secondary N) is 2. The molecule has 2 aromatic carbocycles. The summed E-state index contributed by atoms with van der Waals surface area (Å²) < 4.78 is 5.62. The van der Waals surface area contributed by atoms with Crippen molar-refractivity contribution in [1.29, 1.82) is 5.41 Å². The highest BCUT2D eigenvalue weighted by atomic mass is 16.5. The maximum absolute atomic E-state index is 13.3. The molecule has 3 rings (SSSR count). The smallest absolute Gasteiger partial charge is 0.307 e. The summed E-state index contributed by atoms with van der Waals surface area (Å²) in [6.45, 7) is 7.97. The Kier molecular flexibility index (Phi) is 7.19. The number of fused-ring (bicyclic) bond motifs is 1. The number of phenols is 1. The lowest BCUT2D eigenvalue weighted by atomic mass is 9.83. The molecule has 1 aliphatic rings. The highest BCUT2D eigenvalue weighted by Gasteiger charge is 2.30. The Balaban J connectivity index is 1.93. The lowest BCUT2D eigenvalue weighted by molar-refractivity contribution is -0.136. The van der Waals surface area contributed by atoms with Gasteiger partial charge in [-0.05, 0) is 42.2 Å². The summed E-state index contributed by atoms with van der Waals surface area (Å²) in [5.74, 6) is -1.35. The molecule has 0 aromatic heterocycles. The van der Waals surface area contributed by atoms with Gasteiger partial charge < -0.3 is 25.2 Å². The maximum atomic E-state index is 13.3. The number of ketones is 1. The number of carbonyl (C=O) groups excluding carboxylic acids is 2. The summed E-state index contributed by atoms with van der Waals surface area (Å²) in [6.07, 6.45) is -0.413. The van der Waals surface area contributed by atoms with Crippen molar-refractivity contribution in [2.24, 2.45) is 0 Å². The Hall–Kier alpha value is -3.88. The van der Waals surface area contributed by atoms with Gasteiger partial charge in [0.2, 0.25) is 0 Å². The van der Waals surface area contributed by atoms with E-state index in [1.165, 1.54) is 13.1 Å². The number of amidine groups is 1. The zero-order valence-corrected chi connectivity index (χ0v) is 20.6. The van der Waals surface area contributed by atoms with Crippen molar-refractivity contribution >= 4 is 23.5 Å². The van der Waals surface area contributed by atoms with Gasteiger partial charge in [-0.15, -0.1) is 0 Å². The number of phenolic OH excluding ortho intramolecular Hbond substituents is 1. The second-order valence-electron chi connectivity index (χ2n) is 9.50. The molecule has 1 heterocycles. The summed E-state index contributed by atoms with van der Waals surface area (Å²) in [7, 11) is 1.52. The van der Waals surface area contributed by atoms with Crippen molar-refractivity contribution in [1.82, 2.24) is 10.2 Å². The van der Waals surface area contributed by atoms with E-state index in [1.54, 1.807) is 23.1 Å². The van der Waals surface area contributed by atoms with Crippen LogP contribution in [0.1, 0.15) is 70.7 Å². The molecular weight excluding hydrogens is 450 g/mol. The van der Waals surface area contributed by atoms with E-state index in [4.69, 9.17) is 10.1 Å². The van der Waals surface area contributed by atoms with Crippen molar-refractivity contribution in [3.05, 3.63) is 57.6 Å². The van der Waals surface area contributed by atoms with Gasteiger partial charge >= 0.3 is 5.97 Å². The fraction of sp³-hybridized carbons (Fsp3) is 0.385. The zero-order chi connectivity index (χ0) is 26.1. The Labute approximate surface area is 204 Å². The fourth-order valence-electron chi connectivity index (χ4n) is 4.14. The third-order valence-electron chi connectivity index (χ3n) is 5.90. The Bertz CT molecular complexity index is 1210. The number of carbonyl (C=O) groups is 3. The molecule has 1 amide bonds. The van der Waals surface area contributed by atoms with E-state index in [2.05, 4.69) is 5.32 Å². The Morgan fingerprint density at radius 1 is 1.17 bits per heavy atom. The number of Topliss-reactive ketones (excluding diaryl/α,β-unsaturated/α-hetero) is 1. The van der Waals surface area contributed by atoms with Crippen LogP contribution >= 0.6 is 0 Å². The number of carboxylic acids is 1. The molecule has 0 saturated carbocycles. The predicted molar refractivity (Wildman–Crippen MR) is 131 cm³/mol. The first-order valence-electron chi connectivity index (χ1n) is 11.3. The van der Waals surface area contributed by atoms with Crippen molar-refractivity contribution in [2.75, 3.05) is 20.2 Å². The van der Waals surface area contributed by atoms with E-state index >= 15 is 0 Å².